The highest BCUT2D eigenvalue weighted by Crippen LogP contribution is 2.44. The molecule has 0 aliphatic carbocycles. The van der Waals surface area contributed by atoms with Crippen LogP contribution >= 0.6 is 11.6 Å². The van der Waals surface area contributed by atoms with Gasteiger partial charge in [-0.05, 0) is 41.5 Å². The largest absolute Gasteiger partial charge is 0.508 e. The number of rotatable bonds is 4. The van der Waals surface area contributed by atoms with Gasteiger partial charge in [0.1, 0.15) is 41.3 Å². The van der Waals surface area contributed by atoms with E-state index >= 15 is 0 Å². The van der Waals surface area contributed by atoms with Crippen LogP contribution in [0.4, 0.5) is 4.39 Å². The van der Waals surface area contributed by atoms with E-state index in [4.69, 9.17) is 26.8 Å². The van der Waals surface area contributed by atoms with Crippen molar-refractivity contribution in [1.29, 1.82) is 5.26 Å². The Labute approximate surface area is 177 Å². The Morgan fingerprint density at radius 1 is 1.17 bits per heavy atom. The summed E-state index contributed by atoms with van der Waals surface area (Å²) in [5.41, 5.74) is 8.26. The number of nitriles is 1. The Morgan fingerprint density at radius 3 is 2.73 bits per heavy atom. The minimum absolute atomic E-state index is 0.0249. The van der Waals surface area contributed by atoms with E-state index in [0.29, 0.717) is 33.2 Å². The monoisotopic (exact) mass is 422 g/mol. The molecule has 3 aromatic rings. The highest BCUT2D eigenvalue weighted by Gasteiger charge is 2.31. The standard InChI is InChI=1S/C23H16ClFN2O3/c24-19-9-14(4-7-20(19)29-12-13-2-1-3-15(25)8-13)22-17-6-5-16(28)10-21(17)30-23(27)18(22)11-26/h1-10,22,28H,12,27H2/t22-/m0/s1. The second kappa shape index (κ2) is 7.97. The quantitative estimate of drug-likeness (QED) is 0.618. The molecule has 5 nitrogen and oxygen atoms in total. The number of phenolic OH excluding ortho intramolecular Hbond substituents is 1. The smallest absolute Gasteiger partial charge is 0.205 e. The summed E-state index contributed by atoms with van der Waals surface area (Å²) in [4.78, 5) is 0. The van der Waals surface area contributed by atoms with Crippen molar-refractivity contribution in [2.45, 2.75) is 12.5 Å². The van der Waals surface area contributed by atoms with Crippen LogP contribution in [0.5, 0.6) is 17.2 Å². The van der Waals surface area contributed by atoms with Gasteiger partial charge in [0, 0.05) is 11.6 Å². The van der Waals surface area contributed by atoms with Crippen molar-refractivity contribution in [2.75, 3.05) is 0 Å². The molecule has 3 N–H and O–H groups in total. The maximum absolute atomic E-state index is 13.3. The van der Waals surface area contributed by atoms with Gasteiger partial charge in [0.2, 0.25) is 5.88 Å². The fourth-order valence-corrected chi connectivity index (χ4v) is 3.63. The number of nitrogens with two attached hydrogens (primary N) is 1. The molecule has 0 amide bonds. The second-order valence-corrected chi connectivity index (χ2v) is 7.16. The first-order valence-corrected chi connectivity index (χ1v) is 9.41. The summed E-state index contributed by atoms with van der Waals surface area (Å²) < 4.78 is 24.6. The van der Waals surface area contributed by atoms with Crippen LogP contribution in [0.25, 0.3) is 0 Å². The van der Waals surface area contributed by atoms with Crippen molar-refractivity contribution in [3.63, 3.8) is 0 Å². The molecule has 0 radical (unpaired) electrons. The van der Waals surface area contributed by atoms with Crippen molar-refractivity contribution in [1.82, 2.24) is 0 Å². The van der Waals surface area contributed by atoms with Gasteiger partial charge in [0.15, 0.2) is 0 Å². The molecular formula is C23H16ClFN2O3. The summed E-state index contributed by atoms with van der Waals surface area (Å²) in [6, 6.07) is 18.0. The van der Waals surface area contributed by atoms with Crippen molar-refractivity contribution in [3.05, 3.63) is 99.7 Å². The molecule has 150 valence electrons. The maximum Gasteiger partial charge on any atom is 0.205 e. The van der Waals surface area contributed by atoms with Gasteiger partial charge >= 0.3 is 0 Å². The minimum atomic E-state index is -0.505. The zero-order valence-corrected chi connectivity index (χ0v) is 16.4. The van der Waals surface area contributed by atoms with Gasteiger partial charge in [0.05, 0.1) is 10.9 Å². The Morgan fingerprint density at radius 2 is 2.00 bits per heavy atom. The second-order valence-electron chi connectivity index (χ2n) is 6.76. The molecule has 0 saturated heterocycles. The van der Waals surface area contributed by atoms with E-state index in [1.54, 1.807) is 36.4 Å². The molecule has 0 bridgehead atoms. The lowest BCUT2D eigenvalue weighted by atomic mass is 9.83. The topological polar surface area (TPSA) is 88.5 Å². The molecule has 1 atom stereocenters. The highest BCUT2D eigenvalue weighted by molar-refractivity contribution is 6.32. The number of hydrogen-bond acceptors (Lipinski definition) is 5. The number of fused-ring (bicyclic) bond motifs is 1. The van der Waals surface area contributed by atoms with E-state index in [1.807, 2.05) is 0 Å². The van der Waals surface area contributed by atoms with Crippen LogP contribution in [0.15, 0.2) is 72.1 Å². The minimum Gasteiger partial charge on any atom is -0.508 e. The van der Waals surface area contributed by atoms with Gasteiger partial charge in [-0.2, -0.15) is 5.26 Å². The predicted octanol–water partition coefficient (Wildman–Crippen LogP) is 4.98. The summed E-state index contributed by atoms with van der Waals surface area (Å²) in [7, 11) is 0. The summed E-state index contributed by atoms with van der Waals surface area (Å²) in [6.45, 7) is 0.159. The van der Waals surface area contributed by atoms with Crippen molar-refractivity contribution in [2.24, 2.45) is 5.73 Å². The molecule has 0 saturated carbocycles. The number of aromatic hydroxyl groups is 1. The third-order valence-electron chi connectivity index (χ3n) is 4.78. The van der Waals surface area contributed by atoms with Crippen LogP contribution in [0.1, 0.15) is 22.6 Å². The Bertz CT molecular complexity index is 1200. The van der Waals surface area contributed by atoms with Crippen LogP contribution in [-0.4, -0.2) is 5.11 Å². The average molecular weight is 423 g/mol. The summed E-state index contributed by atoms with van der Waals surface area (Å²) in [6.07, 6.45) is 0. The lowest BCUT2D eigenvalue weighted by Crippen LogP contribution is -2.21. The van der Waals surface area contributed by atoms with Crippen molar-refractivity contribution in [3.8, 4) is 23.3 Å². The number of ether oxygens (including phenoxy) is 2. The molecule has 3 aromatic carbocycles. The average Bonchev–Trinajstić information content (AvgIpc) is 2.71. The van der Waals surface area contributed by atoms with Crippen LogP contribution in [0, 0.1) is 17.1 Å². The van der Waals surface area contributed by atoms with Crippen LogP contribution in [0.3, 0.4) is 0 Å². The Hall–Kier alpha value is -3.69. The predicted molar refractivity (Wildman–Crippen MR) is 110 cm³/mol. The molecule has 0 spiro atoms. The molecule has 1 aliphatic rings. The van der Waals surface area contributed by atoms with Crippen LogP contribution in [-0.2, 0) is 6.61 Å². The number of halogens is 2. The molecule has 0 fully saturated rings. The van der Waals surface area contributed by atoms with E-state index in [-0.39, 0.29) is 29.6 Å². The third-order valence-corrected chi connectivity index (χ3v) is 5.07. The van der Waals surface area contributed by atoms with Gasteiger partial charge in [-0.25, -0.2) is 4.39 Å². The zero-order chi connectivity index (χ0) is 21.3. The number of nitrogens with zero attached hydrogens (tertiary/aromatic N) is 1. The fraction of sp³-hybridized carbons (Fsp3) is 0.0870. The lowest BCUT2D eigenvalue weighted by molar-refractivity contribution is 0.305. The van der Waals surface area contributed by atoms with E-state index in [2.05, 4.69) is 6.07 Å². The zero-order valence-electron chi connectivity index (χ0n) is 15.6. The van der Waals surface area contributed by atoms with E-state index in [9.17, 15) is 14.8 Å². The molecule has 0 aromatic heterocycles. The number of allylic oxidation sites excluding steroid dienone is 1. The number of hydrogen-bond donors (Lipinski definition) is 2. The van der Waals surface area contributed by atoms with E-state index < -0.39 is 5.92 Å². The van der Waals surface area contributed by atoms with Gasteiger partial charge in [-0.3, -0.25) is 0 Å². The Kier molecular flexibility index (Phi) is 5.21. The molecule has 30 heavy (non-hydrogen) atoms. The molecular weight excluding hydrogens is 407 g/mol. The van der Waals surface area contributed by atoms with Crippen molar-refractivity contribution < 1.29 is 19.0 Å². The fourth-order valence-electron chi connectivity index (χ4n) is 3.39. The number of benzene rings is 3. The SMILES string of the molecule is N#CC1=C(N)Oc2cc(O)ccc2[C@@H]1c1ccc(OCc2cccc(F)c2)c(Cl)c1. The maximum atomic E-state index is 13.3. The lowest BCUT2D eigenvalue weighted by Gasteiger charge is -2.26. The summed E-state index contributed by atoms with van der Waals surface area (Å²) >= 11 is 6.43. The summed E-state index contributed by atoms with van der Waals surface area (Å²) in [5, 5.41) is 19.7. The first kappa shape index (κ1) is 19.6. The molecule has 4 rings (SSSR count). The molecule has 7 heteroatoms. The normalized spacial score (nSPS) is 15.2. The molecule has 0 unspecified atom stereocenters. The first-order chi connectivity index (χ1) is 14.5. The molecule has 1 aliphatic heterocycles. The number of phenols is 1. The van der Waals surface area contributed by atoms with Gasteiger partial charge in [-0.1, -0.05) is 35.9 Å². The highest BCUT2D eigenvalue weighted by atomic mass is 35.5. The van der Waals surface area contributed by atoms with Gasteiger partial charge < -0.3 is 20.3 Å². The van der Waals surface area contributed by atoms with Crippen LogP contribution in [0.2, 0.25) is 5.02 Å². The molecule has 1 heterocycles. The third kappa shape index (κ3) is 3.76. The van der Waals surface area contributed by atoms with E-state index in [0.717, 1.165) is 0 Å². The van der Waals surface area contributed by atoms with Crippen LogP contribution < -0.4 is 15.2 Å². The van der Waals surface area contributed by atoms with E-state index in [1.165, 1.54) is 24.3 Å². The first-order valence-electron chi connectivity index (χ1n) is 9.03. The van der Waals surface area contributed by atoms with Crippen molar-refractivity contribution >= 4 is 11.6 Å². The van der Waals surface area contributed by atoms with Gasteiger partial charge in [0.25, 0.3) is 0 Å². The summed E-state index contributed by atoms with van der Waals surface area (Å²) in [5.74, 6) is -0.0375. The van der Waals surface area contributed by atoms with Gasteiger partial charge in [-0.15, -0.1) is 0 Å². The Balaban J connectivity index is 1.66.